The largest absolute Gasteiger partial charge is 0.468 e. The van der Waals surface area contributed by atoms with Crippen LogP contribution in [0.15, 0.2) is 24.3 Å². The molecule has 2 unspecified atom stereocenters. The van der Waals surface area contributed by atoms with Gasteiger partial charge in [-0.15, -0.1) is 0 Å². The first-order valence-corrected chi connectivity index (χ1v) is 5.89. The number of hydrogen-bond acceptors (Lipinski definition) is 3. The molecule has 0 N–H and O–H groups in total. The van der Waals surface area contributed by atoms with Gasteiger partial charge in [0.15, 0.2) is 5.92 Å². The molecule has 18 heavy (non-hydrogen) atoms. The van der Waals surface area contributed by atoms with Crippen LogP contribution in [0.5, 0.6) is 0 Å². The van der Waals surface area contributed by atoms with Gasteiger partial charge in [0.25, 0.3) is 0 Å². The van der Waals surface area contributed by atoms with Crippen LogP contribution in [0.3, 0.4) is 0 Å². The Bertz CT molecular complexity index is 432. The molecule has 0 heterocycles. The Labute approximate surface area is 110 Å². The van der Waals surface area contributed by atoms with Crippen LogP contribution in [0.1, 0.15) is 25.1 Å². The van der Waals surface area contributed by atoms with E-state index in [1.54, 1.807) is 19.1 Å². The minimum atomic E-state index is -1.79. The number of ether oxygens (including phenoxy) is 1. The van der Waals surface area contributed by atoms with Gasteiger partial charge in [-0.3, -0.25) is 9.59 Å². The SMILES string of the molecule is CCC(=O)C(C(=O)OC)C(F)c1ccccc1Cl. The molecule has 5 heteroatoms. The zero-order chi connectivity index (χ0) is 13.7. The van der Waals surface area contributed by atoms with Gasteiger partial charge in [0, 0.05) is 17.0 Å². The number of rotatable bonds is 5. The van der Waals surface area contributed by atoms with E-state index in [4.69, 9.17) is 11.6 Å². The van der Waals surface area contributed by atoms with E-state index in [9.17, 15) is 14.0 Å². The van der Waals surface area contributed by atoms with Crippen molar-refractivity contribution in [1.29, 1.82) is 0 Å². The Morgan fingerprint density at radius 2 is 2.00 bits per heavy atom. The number of Topliss-reactive ketones (excluding diaryl/α,β-unsaturated/α-hetero) is 1. The summed E-state index contributed by atoms with van der Waals surface area (Å²) < 4.78 is 18.8. The molecule has 0 aromatic heterocycles. The standard InChI is InChI=1S/C13H14ClFO3/c1-3-10(16)11(13(17)18-2)12(15)8-6-4-5-7-9(8)14/h4-7,11-12H,3H2,1-2H3. The molecule has 0 saturated heterocycles. The number of esters is 1. The van der Waals surface area contributed by atoms with E-state index in [1.807, 2.05) is 0 Å². The summed E-state index contributed by atoms with van der Waals surface area (Å²) in [6.45, 7) is 1.57. The minimum absolute atomic E-state index is 0.0602. The monoisotopic (exact) mass is 272 g/mol. The molecular weight excluding hydrogens is 259 g/mol. The van der Waals surface area contributed by atoms with Crippen LogP contribution in [0.2, 0.25) is 5.02 Å². The van der Waals surface area contributed by atoms with Crippen LogP contribution in [0, 0.1) is 5.92 Å². The molecule has 0 bridgehead atoms. The number of carbonyl (C=O) groups is 2. The fraction of sp³-hybridized carbons (Fsp3) is 0.385. The number of benzene rings is 1. The van der Waals surface area contributed by atoms with Gasteiger partial charge in [0.2, 0.25) is 0 Å². The van der Waals surface area contributed by atoms with Gasteiger partial charge in [0.05, 0.1) is 7.11 Å². The van der Waals surface area contributed by atoms with E-state index in [0.717, 1.165) is 7.11 Å². The van der Waals surface area contributed by atoms with Crippen LogP contribution in [-0.4, -0.2) is 18.9 Å². The lowest BCUT2D eigenvalue weighted by Gasteiger charge is -2.18. The Morgan fingerprint density at radius 3 is 2.50 bits per heavy atom. The summed E-state index contributed by atoms with van der Waals surface area (Å²) in [5.74, 6) is -2.84. The first-order valence-electron chi connectivity index (χ1n) is 5.52. The third-order valence-electron chi connectivity index (χ3n) is 2.65. The van der Waals surface area contributed by atoms with Crippen LogP contribution in [0.4, 0.5) is 4.39 Å². The van der Waals surface area contributed by atoms with Gasteiger partial charge in [0.1, 0.15) is 12.0 Å². The lowest BCUT2D eigenvalue weighted by Crippen LogP contribution is -2.29. The summed E-state index contributed by atoms with van der Waals surface area (Å²) in [6.07, 6.45) is -1.73. The van der Waals surface area contributed by atoms with E-state index >= 15 is 0 Å². The summed E-state index contributed by atoms with van der Waals surface area (Å²) >= 11 is 5.86. The van der Waals surface area contributed by atoms with Gasteiger partial charge in [-0.1, -0.05) is 36.7 Å². The molecule has 1 rings (SSSR count). The van der Waals surface area contributed by atoms with Gasteiger partial charge < -0.3 is 4.74 Å². The van der Waals surface area contributed by atoms with Gasteiger partial charge >= 0.3 is 5.97 Å². The second-order valence-electron chi connectivity index (χ2n) is 3.74. The molecule has 0 aliphatic heterocycles. The van der Waals surface area contributed by atoms with E-state index in [0.29, 0.717) is 0 Å². The molecule has 1 aromatic carbocycles. The normalized spacial score (nSPS) is 13.8. The highest BCUT2D eigenvalue weighted by Crippen LogP contribution is 2.33. The van der Waals surface area contributed by atoms with Crippen molar-refractivity contribution in [3.8, 4) is 0 Å². The first kappa shape index (κ1) is 14.6. The number of halogens is 2. The summed E-state index contributed by atoms with van der Waals surface area (Å²) in [4.78, 5) is 23.2. The third-order valence-corrected chi connectivity index (χ3v) is 2.99. The third kappa shape index (κ3) is 3.07. The maximum Gasteiger partial charge on any atom is 0.319 e. The van der Waals surface area contributed by atoms with Crippen molar-refractivity contribution in [2.45, 2.75) is 19.5 Å². The maximum absolute atomic E-state index is 14.3. The summed E-state index contributed by atoms with van der Waals surface area (Å²) in [5, 5.41) is 0.183. The summed E-state index contributed by atoms with van der Waals surface area (Å²) in [7, 11) is 1.12. The zero-order valence-corrected chi connectivity index (χ0v) is 10.9. The maximum atomic E-state index is 14.3. The van der Waals surface area contributed by atoms with Crippen molar-refractivity contribution < 1.29 is 18.7 Å². The van der Waals surface area contributed by atoms with Crippen LogP contribution >= 0.6 is 11.6 Å². The molecule has 2 atom stereocenters. The summed E-state index contributed by atoms with van der Waals surface area (Å²) in [6, 6.07) is 6.20. The number of carbonyl (C=O) groups excluding carboxylic acids is 2. The highest BCUT2D eigenvalue weighted by atomic mass is 35.5. The van der Waals surface area contributed by atoms with E-state index in [-0.39, 0.29) is 17.0 Å². The second-order valence-corrected chi connectivity index (χ2v) is 4.15. The van der Waals surface area contributed by atoms with Crippen molar-refractivity contribution in [3.05, 3.63) is 34.9 Å². The molecule has 0 radical (unpaired) electrons. The van der Waals surface area contributed by atoms with Crippen molar-refractivity contribution >= 4 is 23.4 Å². The molecule has 1 aromatic rings. The van der Waals surface area contributed by atoms with Crippen LogP contribution in [0.25, 0.3) is 0 Å². The molecule has 3 nitrogen and oxygen atoms in total. The zero-order valence-electron chi connectivity index (χ0n) is 10.2. The molecule has 0 amide bonds. The van der Waals surface area contributed by atoms with Crippen molar-refractivity contribution in [1.82, 2.24) is 0 Å². The fourth-order valence-electron chi connectivity index (χ4n) is 1.64. The second kappa shape index (κ2) is 6.50. The first-order chi connectivity index (χ1) is 8.52. The average molecular weight is 273 g/mol. The number of alkyl halides is 1. The minimum Gasteiger partial charge on any atom is -0.468 e. The number of hydrogen-bond donors (Lipinski definition) is 0. The van der Waals surface area contributed by atoms with Gasteiger partial charge in [-0.25, -0.2) is 4.39 Å². The molecule has 0 fully saturated rings. The van der Waals surface area contributed by atoms with Crippen molar-refractivity contribution in [2.24, 2.45) is 5.92 Å². The predicted octanol–water partition coefficient (Wildman–Crippen LogP) is 3.12. The van der Waals surface area contributed by atoms with E-state index < -0.39 is 23.8 Å². The van der Waals surface area contributed by atoms with Crippen LogP contribution < -0.4 is 0 Å². The highest BCUT2D eigenvalue weighted by molar-refractivity contribution is 6.31. The van der Waals surface area contributed by atoms with Crippen LogP contribution in [-0.2, 0) is 14.3 Å². The lowest BCUT2D eigenvalue weighted by molar-refractivity contribution is -0.152. The van der Waals surface area contributed by atoms with Gasteiger partial charge in [-0.2, -0.15) is 0 Å². The lowest BCUT2D eigenvalue weighted by atomic mass is 9.92. The van der Waals surface area contributed by atoms with Crippen molar-refractivity contribution in [3.63, 3.8) is 0 Å². The van der Waals surface area contributed by atoms with Crippen molar-refractivity contribution in [2.75, 3.05) is 7.11 Å². The number of methoxy groups -OCH3 is 1. The van der Waals surface area contributed by atoms with E-state index in [2.05, 4.69) is 4.74 Å². The average Bonchev–Trinajstić information content (AvgIpc) is 2.38. The molecule has 0 saturated carbocycles. The quantitative estimate of drug-likeness (QED) is 0.611. The summed E-state index contributed by atoms with van der Waals surface area (Å²) in [5.41, 5.74) is 0.122. The Kier molecular flexibility index (Phi) is 5.28. The predicted molar refractivity (Wildman–Crippen MR) is 66.1 cm³/mol. The molecule has 0 spiro atoms. The Morgan fingerprint density at radius 1 is 1.39 bits per heavy atom. The van der Waals surface area contributed by atoms with E-state index in [1.165, 1.54) is 12.1 Å². The number of ketones is 1. The Hall–Kier alpha value is -1.42. The fourth-order valence-corrected chi connectivity index (χ4v) is 1.88. The van der Waals surface area contributed by atoms with Gasteiger partial charge in [-0.05, 0) is 6.07 Å². The molecule has 0 aliphatic rings. The smallest absolute Gasteiger partial charge is 0.319 e. The topological polar surface area (TPSA) is 43.4 Å². The molecular formula is C13H14ClFO3. The molecule has 98 valence electrons. The molecule has 0 aliphatic carbocycles. The highest BCUT2D eigenvalue weighted by Gasteiger charge is 2.36. The Balaban J connectivity index is 3.10.